The van der Waals surface area contributed by atoms with Gasteiger partial charge in [0.2, 0.25) is 0 Å². The lowest BCUT2D eigenvalue weighted by Crippen LogP contribution is -2.03. The number of rotatable bonds is 4. The molecule has 1 heterocycles. The van der Waals surface area contributed by atoms with Gasteiger partial charge in [0.05, 0.1) is 23.5 Å². The lowest BCUT2D eigenvalue weighted by atomic mass is 10.3. The fraction of sp³-hybridized carbons (Fsp3) is 0.250. The Bertz CT molecular complexity index is 468. The van der Waals surface area contributed by atoms with Crippen LogP contribution >= 0.6 is 11.3 Å². The summed E-state index contributed by atoms with van der Waals surface area (Å²) >= 11 is 1.67. The van der Waals surface area contributed by atoms with Gasteiger partial charge in [-0.2, -0.15) is 0 Å². The van der Waals surface area contributed by atoms with Crippen molar-refractivity contribution in [1.29, 1.82) is 0 Å². The number of para-hydroxylation sites is 2. The Hall–Kier alpha value is -1.55. The second-order valence-corrected chi connectivity index (χ2v) is 4.44. The van der Waals surface area contributed by atoms with Gasteiger partial charge in [0, 0.05) is 11.3 Å². The zero-order valence-corrected chi connectivity index (χ0v) is 9.96. The number of nitrogens with two attached hydrogens (primary N) is 1. The fourth-order valence-electron chi connectivity index (χ4n) is 1.43. The molecule has 16 heavy (non-hydrogen) atoms. The first kappa shape index (κ1) is 11.0. The van der Waals surface area contributed by atoms with Crippen molar-refractivity contribution >= 4 is 17.0 Å². The normalized spacial score (nSPS) is 10.3. The summed E-state index contributed by atoms with van der Waals surface area (Å²) in [5.41, 5.74) is 9.41. The van der Waals surface area contributed by atoms with Crippen molar-refractivity contribution in [3.05, 3.63) is 40.3 Å². The number of hydrogen-bond donors (Lipinski definition) is 1. The van der Waals surface area contributed by atoms with Gasteiger partial charge < -0.3 is 10.5 Å². The monoisotopic (exact) mass is 234 g/mol. The first-order valence-electron chi connectivity index (χ1n) is 5.13. The summed E-state index contributed by atoms with van der Waals surface area (Å²) in [6, 6.07) is 7.54. The van der Waals surface area contributed by atoms with Crippen molar-refractivity contribution in [3.63, 3.8) is 0 Å². The van der Waals surface area contributed by atoms with E-state index in [1.165, 1.54) is 4.88 Å². The molecule has 2 N–H and O–H groups in total. The molecule has 4 heteroatoms. The van der Waals surface area contributed by atoms with Gasteiger partial charge in [-0.1, -0.05) is 12.1 Å². The van der Waals surface area contributed by atoms with E-state index in [2.05, 4.69) is 4.98 Å². The first-order valence-corrected chi connectivity index (χ1v) is 6.01. The summed E-state index contributed by atoms with van der Waals surface area (Å²) in [5.74, 6) is 0.754. The zero-order chi connectivity index (χ0) is 11.4. The van der Waals surface area contributed by atoms with Crippen LogP contribution in [-0.2, 0) is 6.42 Å². The number of anilines is 1. The standard InChI is InChI=1S/C12H14N2OS/c1-9-12(16-8-14-9)6-7-15-11-5-3-2-4-10(11)13/h2-5,8H,6-7,13H2,1H3. The summed E-state index contributed by atoms with van der Waals surface area (Å²) in [4.78, 5) is 5.47. The van der Waals surface area contributed by atoms with Crippen LogP contribution in [0.15, 0.2) is 29.8 Å². The Morgan fingerprint density at radius 3 is 2.88 bits per heavy atom. The molecule has 0 bridgehead atoms. The first-order chi connectivity index (χ1) is 7.77. The second kappa shape index (κ2) is 4.99. The molecule has 0 unspecified atom stereocenters. The van der Waals surface area contributed by atoms with Crippen LogP contribution in [0.5, 0.6) is 5.75 Å². The summed E-state index contributed by atoms with van der Waals surface area (Å²) in [5, 5.41) is 0. The van der Waals surface area contributed by atoms with Crippen LogP contribution in [0, 0.1) is 6.92 Å². The molecule has 0 fully saturated rings. The van der Waals surface area contributed by atoms with E-state index in [9.17, 15) is 0 Å². The Labute approximate surface area is 98.9 Å². The molecule has 1 aromatic carbocycles. The van der Waals surface area contributed by atoms with E-state index in [1.807, 2.05) is 36.7 Å². The minimum absolute atomic E-state index is 0.636. The molecule has 0 saturated heterocycles. The van der Waals surface area contributed by atoms with E-state index < -0.39 is 0 Å². The van der Waals surface area contributed by atoms with Crippen molar-refractivity contribution in [2.45, 2.75) is 13.3 Å². The second-order valence-electron chi connectivity index (χ2n) is 3.50. The smallest absolute Gasteiger partial charge is 0.142 e. The van der Waals surface area contributed by atoms with Gasteiger partial charge in [-0.15, -0.1) is 11.3 Å². The number of hydrogen-bond acceptors (Lipinski definition) is 4. The topological polar surface area (TPSA) is 48.1 Å². The number of nitrogens with zero attached hydrogens (tertiary/aromatic N) is 1. The van der Waals surface area contributed by atoms with Crippen molar-refractivity contribution in [2.75, 3.05) is 12.3 Å². The highest BCUT2D eigenvalue weighted by molar-refractivity contribution is 7.09. The summed E-state index contributed by atoms with van der Waals surface area (Å²) in [6.45, 7) is 2.65. The maximum Gasteiger partial charge on any atom is 0.142 e. The average Bonchev–Trinajstić information content (AvgIpc) is 2.67. The van der Waals surface area contributed by atoms with Crippen LogP contribution in [-0.4, -0.2) is 11.6 Å². The molecule has 0 aliphatic carbocycles. The third kappa shape index (κ3) is 2.52. The molecule has 0 spiro atoms. The molecule has 0 aliphatic heterocycles. The number of aryl methyl sites for hydroxylation is 1. The third-order valence-corrected chi connectivity index (χ3v) is 3.35. The lowest BCUT2D eigenvalue weighted by Gasteiger charge is -2.07. The predicted octanol–water partition coefficient (Wildman–Crippen LogP) is 2.66. The number of nitrogen functional groups attached to an aromatic ring is 1. The van der Waals surface area contributed by atoms with Crippen LogP contribution in [0.1, 0.15) is 10.6 Å². The van der Waals surface area contributed by atoms with Gasteiger partial charge in [0.1, 0.15) is 5.75 Å². The van der Waals surface area contributed by atoms with E-state index in [-0.39, 0.29) is 0 Å². The van der Waals surface area contributed by atoms with Gasteiger partial charge in [0.25, 0.3) is 0 Å². The van der Waals surface area contributed by atoms with Crippen LogP contribution in [0.25, 0.3) is 0 Å². The van der Waals surface area contributed by atoms with Gasteiger partial charge in [-0.3, -0.25) is 0 Å². The predicted molar refractivity (Wildman–Crippen MR) is 66.9 cm³/mol. The molecule has 0 radical (unpaired) electrons. The molecule has 0 atom stereocenters. The van der Waals surface area contributed by atoms with Crippen molar-refractivity contribution in [1.82, 2.24) is 4.98 Å². The Morgan fingerprint density at radius 1 is 1.38 bits per heavy atom. The number of aromatic nitrogens is 1. The van der Waals surface area contributed by atoms with Crippen molar-refractivity contribution in [2.24, 2.45) is 0 Å². The highest BCUT2D eigenvalue weighted by Crippen LogP contribution is 2.20. The quantitative estimate of drug-likeness (QED) is 0.827. The molecular weight excluding hydrogens is 220 g/mol. The summed E-state index contributed by atoms with van der Waals surface area (Å²) < 4.78 is 5.62. The van der Waals surface area contributed by atoms with Crippen molar-refractivity contribution in [3.8, 4) is 5.75 Å². The van der Waals surface area contributed by atoms with Gasteiger partial charge in [0.15, 0.2) is 0 Å². The minimum Gasteiger partial charge on any atom is -0.491 e. The molecule has 0 amide bonds. The molecule has 3 nitrogen and oxygen atoms in total. The van der Waals surface area contributed by atoms with E-state index in [0.29, 0.717) is 12.3 Å². The van der Waals surface area contributed by atoms with E-state index in [1.54, 1.807) is 11.3 Å². The van der Waals surface area contributed by atoms with Crippen LogP contribution in [0.3, 0.4) is 0 Å². The molecule has 0 aliphatic rings. The zero-order valence-electron chi connectivity index (χ0n) is 9.14. The number of benzene rings is 1. The van der Waals surface area contributed by atoms with Gasteiger partial charge in [-0.25, -0.2) is 4.98 Å². The highest BCUT2D eigenvalue weighted by atomic mass is 32.1. The van der Waals surface area contributed by atoms with E-state index in [0.717, 1.165) is 17.9 Å². The third-order valence-electron chi connectivity index (χ3n) is 2.35. The Morgan fingerprint density at radius 2 is 2.19 bits per heavy atom. The molecule has 84 valence electrons. The Balaban J connectivity index is 1.89. The van der Waals surface area contributed by atoms with Crippen LogP contribution in [0.2, 0.25) is 0 Å². The number of thiazole rings is 1. The van der Waals surface area contributed by atoms with Gasteiger partial charge >= 0.3 is 0 Å². The van der Waals surface area contributed by atoms with E-state index in [4.69, 9.17) is 10.5 Å². The van der Waals surface area contributed by atoms with Crippen molar-refractivity contribution < 1.29 is 4.74 Å². The summed E-state index contributed by atoms with van der Waals surface area (Å²) in [7, 11) is 0. The summed E-state index contributed by atoms with van der Waals surface area (Å²) in [6.07, 6.45) is 0.880. The SMILES string of the molecule is Cc1ncsc1CCOc1ccccc1N. The molecule has 2 rings (SSSR count). The minimum atomic E-state index is 0.636. The van der Waals surface area contributed by atoms with Gasteiger partial charge in [-0.05, 0) is 19.1 Å². The highest BCUT2D eigenvalue weighted by Gasteiger charge is 2.02. The fourth-order valence-corrected chi connectivity index (χ4v) is 2.19. The molecule has 0 saturated carbocycles. The van der Waals surface area contributed by atoms with Crippen LogP contribution in [0.4, 0.5) is 5.69 Å². The number of ether oxygens (including phenoxy) is 1. The Kier molecular flexibility index (Phi) is 3.41. The average molecular weight is 234 g/mol. The molecular formula is C12H14N2OS. The maximum absolute atomic E-state index is 5.78. The maximum atomic E-state index is 5.78. The molecule has 1 aromatic heterocycles. The lowest BCUT2D eigenvalue weighted by molar-refractivity contribution is 0.324. The largest absolute Gasteiger partial charge is 0.491 e. The molecule has 2 aromatic rings. The van der Waals surface area contributed by atoms with E-state index >= 15 is 0 Å². The van der Waals surface area contributed by atoms with Crippen LogP contribution < -0.4 is 10.5 Å².